The monoisotopic (exact) mass is 523 g/mol. The topological polar surface area (TPSA) is 51.8 Å². The van der Waals surface area contributed by atoms with Crippen LogP contribution in [-0.4, -0.2) is 15.0 Å². The van der Waals surface area contributed by atoms with E-state index in [2.05, 4.69) is 66.7 Å². The Labute approximate surface area is 235 Å². The Hall–Kier alpha value is -5.61. The highest BCUT2D eigenvalue weighted by Crippen LogP contribution is 2.50. The molecule has 41 heavy (non-hydrogen) atoms. The van der Waals surface area contributed by atoms with Crippen molar-refractivity contribution >= 4 is 32.7 Å². The average Bonchev–Trinajstić information content (AvgIpc) is 3.37. The fourth-order valence-corrected chi connectivity index (χ4v) is 6.29. The summed E-state index contributed by atoms with van der Waals surface area (Å²) >= 11 is 0. The van der Waals surface area contributed by atoms with Crippen molar-refractivity contribution < 1.29 is 4.42 Å². The largest absolute Gasteiger partial charge is 0.456 e. The smallest absolute Gasteiger partial charge is 0.164 e. The van der Waals surface area contributed by atoms with Crippen LogP contribution in [0.1, 0.15) is 0 Å². The van der Waals surface area contributed by atoms with Crippen LogP contribution >= 0.6 is 0 Å². The Kier molecular flexibility index (Phi) is 4.58. The van der Waals surface area contributed by atoms with E-state index in [9.17, 15) is 0 Å². The van der Waals surface area contributed by atoms with Gasteiger partial charge in [-0.05, 0) is 39.8 Å². The van der Waals surface area contributed by atoms with Crippen molar-refractivity contribution in [3.05, 3.63) is 127 Å². The molecule has 1 aliphatic rings. The van der Waals surface area contributed by atoms with E-state index in [0.717, 1.165) is 44.0 Å². The number of furan rings is 1. The molecular weight excluding hydrogens is 502 g/mol. The molecule has 0 unspecified atom stereocenters. The highest BCUT2D eigenvalue weighted by Gasteiger charge is 2.25. The van der Waals surface area contributed by atoms with Crippen molar-refractivity contribution in [3.8, 4) is 56.4 Å². The standard InChI is InChI=1S/C37H21N3O/c1-3-11-22(12-4-1)35-38-36(23-13-5-2-6-14-23)40-37(39-35)29-21-31-34-32-26(17-9-18-28(29)32)24-15-7-8-16-25(24)27-19-10-20-30(41-31)33(27)34/h1-21H. The van der Waals surface area contributed by atoms with E-state index in [1.807, 2.05) is 60.7 Å². The molecule has 9 rings (SSSR count). The molecule has 2 aromatic heterocycles. The molecule has 0 N–H and O–H groups in total. The van der Waals surface area contributed by atoms with Gasteiger partial charge in [-0.25, -0.2) is 15.0 Å². The van der Waals surface area contributed by atoms with E-state index >= 15 is 0 Å². The molecule has 0 radical (unpaired) electrons. The lowest BCUT2D eigenvalue weighted by molar-refractivity contribution is 0.669. The minimum Gasteiger partial charge on any atom is -0.456 e. The van der Waals surface area contributed by atoms with Crippen LogP contribution in [0, 0.1) is 0 Å². The second-order valence-electron chi connectivity index (χ2n) is 10.4. The van der Waals surface area contributed by atoms with Crippen molar-refractivity contribution in [2.45, 2.75) is 0 Å². The summed E-state index contributed by atoms with van der Waals surface area (Å²) in [6.45, 7) is 0. The van der Waals surface area contributed by atoms with Crippen LogP contribution in [0.3, 0.4) is 0 Å². The lowest BCUT2D eigenvalue weighted by atomic mass is 9.92. The first-order valence-electron chi connectivity index (χ1n) is 13.7. The molecule has 2 heterocycles. The molecule has 0 amide bonds. The van der Waals surface area contributed by atoms with E-state index in [0.29, 0.717) is 17.5 Å². The molecule has 0 saturated heterocycles. The van der Waals surface area contributed by atoms with Gasteiger partial charge in [0.05, 0.1) is 0 Å². The fourth-order valence-electron chi connectivity index (χ4n) is 6.29. The first-order valence-corrected chi connectivity index (χ1v) is 13.7. The van der Waals surface area contributed by atoms with Gasteiger partial charge in [-0.1, -0.05) is 115 Å². The van der Waals surface area contributed by atoms with Gasteiger partial charge < -0.3 is 4.42 Å². The zero-order valence-corrected chi connectivity index (χ0v) is 21.9. The normalized spacial score (nSPS) is 11.9. The lowest BCUT2D eigenvalue weighted by Crippen LogP contribution is -2.00. The molecule has 4 nitrogen and oxygen atoms in total. The van der Waals surface area contributed by atoms with Crippen LogP contribution in [0.25, 0.3) is 89.1 Å². The SMILES string of the molecule is c1ccc(-c2nc(-c3ccccc3)nc(-c3cc4oc5cccc6c5c4c4c(cccc34)-c3ccccc3-6)n2)cc1. The number of hydrogen-bond donors (Lipinski definition) is 0. The Morgan fingerprint density at radius 2 is 0.902 bits per heavy atom. The maximum atomic E-state index is 6.57. The van der Waals surface area contributed by atoms with Gasteiger partial charge >= 0.3 is 0 Å². The molecule has 0 spiro atoms. The Balaban J connectivity index is 1.43. The zero-order chi connectivity index (χ0) is 26.9. The number of aromatic nitrogens is 3. The van der Waals surface area contributed by atoms with Gasteiger partial charge in [-0.2, -0.15) is 0 Å². The average molecular weight is 524 g/mol. The van der Waals surface area contributed by atoms with Crippen molar-refractivity contribution in [1.29, 1.82) is 0 Å². The van der Waals surface area contributed by atoms with E-state index in [1.165, 1.54) is 27.6 Å². The maximum absolute atomic E-state index is 6.57. The van der Waals surface area contributed by atoms with Crippen LogP contribution in [0.5, 0.6) is 0 Å². The summed E-state index contributed by atoms with van der Waals surface area (Å²) in [5.74, 6) is 1.90. The summed E-state index contributed by atoms with van der Waals surface area (Å²) < 4.78 is 6.57. The molecular formula is C37H21N3O. The van der Waals surface area contributed by atoms with Crippen LogP contribution in [0.4, 0.5) is 0 Å². The summed E-state index contributed by atoms with van der Waals surface area (Å²) in [7, 11) is 0. The molecule has 0 atom stereocenters. The first-order chi connectivity index (χ1) is 20.3. The van der Waals surface area contributed by atoms with E-state index in [-0.39, 0.29) is 0 Å². The fraction of sp³-hybridized carbons (Fsp3) is 0. The van der Waals surface area contributed by atoms with Gasteiger partial charge in [-0.3, -0.25) is 0 Å². The number of benzene rings is 6. The highest BCUT2D eigenvalue weighted by atomic mass is 16.3. The Bertz CT molecular complexity index is 2250. The number of hydrogen-bond acceptors (Lipinski definition) is 4. The number of fused-ring (bicyclic) bond motifs is 3. The molecule has 1 aliphatic carbocycles. The second kappa shape index (κ2) is 8.44. The molecule has 190 valence electrons. The number of nitrogens with zero attached hydrogens (tertiary/aromatic N) is 3. The van der Waals surface area contributed by atoms with Gasteiger partial charge in [0.15, 0.2) is 17.5 Å². The van der Waals surface area contributed by atoms with E-state index < -0.39 is 0 Å². The summed E-state index contributed by atoms with van der Waals surface area (Å²) in [6, 6.07) is 43.8. The zero-order valence-electron chi connectivity index (χ0n) is 21.9. The van der Waals surface area contributed by atoms with E-state index in [1.54, 1.807) is 0 Å². The van der Waals surface area contributed by atoms with Crippen molar-refractivity contribution in [2.75, 3.05) is 0 Å². The third kappa shape index (κ3) is 3.25. The number of rotatable bonds is 3. The van der Waals surface area contributed by atoms with Crippen molar-refractivity contribution in [2.24, 2.45) is 0 Å². The van der Waals surface area contributed by atoms with E-state index in [4.69, 9.17) is 19.4 Å². The van der Waals surface area contributed by atoms with Gasteiger partial charge in [0.1, 0.15) is 11.2 Å². The molecule has 0 aliphatic heterocycles. The van der Waals surface area contributed by atoms with Crippen molar-refractivity contribution in [3.63, 3.8) is 0 Å². The molecule has 0 fully saturated rings. The quantitative estimate of drug-likeness (QED) is 0.231. The molecule has 6 aromatic carbocycles. The van der Waals surface area contributed by atoms with Crippen LogP contribution in [-0.2, 0) is 0 Å². The highest BCUT2D eigenvalue weighted by molar-refractivity contribution is 6.30. The minimum atomic E-state index is 0.620. The summed E-state index contributed by atoms with van der Waals surface area (Å²) in [5.41, 5.74) is 9.33. The predicted molar refractivity (Wildman–Crippen MR) is 165 cm³/mol. The van der Waals surface area contributed by atoms with Gasteiger partial charge in [0, 0.05) is 32.8 Å². The molecule has 0 bridgehead atoms. The second-order valence-corrected chi connectivity index (χ2v) is 10.4. The molecule has 0 saturated carbocycles. The lowest BCUT2D eigenvalue weighted by Gasteiger charge is -2.14. The van der Waals surface area contributed by atoms with Crippen LogP contribution in [0.15, 0.2) is 132 Å². The summed E-state index contributed by atoms with van der Waals surface area (Å²) in [4.78, 5) is 15.0. The summed E-state index contributed by atoms with van der Waals surface area (Å²) in [6.07, 6.45) is 0. The van der Waals surface area contributed by atoms with Crippen LogP contribution < -0.4 is 0 Å². The van der Waals surface area contributed by atoms with Gasteiger partial charge in [0.2, 0.25) is 0 Å². The predicted octanol–water partition coefficient (Wildman–Crippen LogP) is 9.57. The Morgan fingerprint density at radius 3 is 1.56 bits per heavy atom. The van der Waals surface area contributed by atoms with Gasteiger partial charge in [-0.15, -0.1) is 0 Å². The van der Waals surface area contributed by atoms with Crippen LogP contribution in [0.2, 0.25) is 0 Å². The maximum Gasteiger partial charge on any atom is 0.164 e. The Morgan fingerprint density at radius 1 is 0.366 bits per heavy atom. The minimum absolute atomic E-state index is 0.620. The third-order valence-electron chi connectivity index (χ3n) is 8.07. The first kappa shape index (κ1) is 22.2. The summed E-state index contributed by atoms with van der Waals surface area (Å²) in [5, 5.41) is 4.55. The molecule has 8 aromatic rings. The van der Waals surface area contributed by atoms with Crippen molar-refractivity contribution in [1.82, 2.24) is 15.0 Å². The van der Waals surface area contributed by atoms with Gasteiger partial charge in [0.25, 0.3) is 0 Å². The third-order valence-corrected chi connectivity index (χ3v) is 8.07. The molecule has 4 heteroatoms.